The van der Waals surface area contributed by atoms with Crippen LogP contribution in [-0.4, -0.2) is 280 Å². The Morgan fingerprint density at radius 2 is 1.07 bits per heavy atom. The molecule has 4 amide bonds. The summed E-state index contributed by atoms with van der Waals surface area (Å²) in [4.78, 5) is 170. The fourth-order valence-corrected chi connectivity index (χ4v) is 13.8. The Hall–Kier alpha value is -8.05. The summed E-state index contributed by atoms with van der Waals surface area (Å²) in [5.41, 5.74) is 4.46. The van der Waals surface area contributed by atoms with Gasteiger partial charge in [0.25, 0.3) is 6.47 Å². The van der Waals surface area contributed by atoms with Gasteiger partial charge in [-0.15, -0.1) is 0 Å². The van der Waals surface area contributed by atoms with Gasteiger partial charge in [-0.05, 0) is 32.1 Å². The minimum absolute atomic E-state index is 0.0331. The monoisotopic (exact) mass is 1440 g/mol. The Labute approximate surface area is 575 Å². The molecule has 33 heteroatoms. The fraction of sp³-hybridized carbons (Fsp3) is 0.615. The number of Topliss-reactive ketones (excluding diaryl/α,β-unsaturated/α-hetero) is 2. The van der Waals surface area contributed by atoms with E-state index < -0.39 is 83.8 Å². The van der Waals surface area contributed by atoms with Crippen molar-refractivity contribution in [3.63, 3.8) is 0 Å². The Morgan fingerprint density at radius 1 is 0.531 bits per heavy atom. The van der Waals surface area contributed by atoms with E-state index in [1.165, 1.54) is 0 Å². The summed E-state index contributed by atoms with van der Waals surface area (Å²) in [7, 11) is 0. The molecule has 98 heavy (non-hydrogen) atoms. The van der Waals surface area contributed by atoms with Crippen molar-refractivity contribution < 1.29 is 103 Å². The van der Waals surface area contributed by atoms with Gasteiger partial charge in [0, 0.05) is 78.2 Å². The van der Waals surface area contributed by atoms with Crippen molar-refractivity contribution in [1.29, 1.82) is 0 Å². The number of hydrogen-bond donors (Lipinski definition) is 9. The summed E-state index contributed by atoms with van der Waals surface area (Å²) in [5.74, 6) is -6.90. The quantitative estimate of drug-likeness (QED) is 0.0194. The van der Waals surface area contributed by atoms with E-state index in [1.54, 1.807) is 26.8 Å². The van der Waals surface area contributed by atoms with Crippen LogP contribution in [0.3, 0.4) is 0 Å². The average Bonchev–Trinajstić information content (AvgIpc) is 1.19. The van der Waals surface area contributed by atoms with Crippen LogP contribution in [0.25, 0.3) is 0 Å². The molecule has 0 spiro atoms. The van der Waals surface area contributed by atoms with E-state index in [4.69, 9.17) is 20.4 Å². The van der Waals surface area contributed by atoms with Crippen molar-refractivity contribution in [2.45, 2.75) is 141 Å². The van der Waals surface area contributed by atoms with E-state index in [-0.39, 0.29) is 141 Å². The molecule has 3 aliphatic heterocycles. The zero-order valence-electron chi connectivity index (χ0n) is 55.8. The van der Waals surface area contributed by atoms with E-state index in [1.807, 2.05) is 45.9 Å². The third kappa shape index (κ3) is 33.5. The number of nitrogens with one attached hydrogen (secondary N) is 4. The number of aryl methyl sites for hydroxylation is 3. The molecule has 0 radical (unpaired) electrons. The molecule has 3 aliphatic rings. The predicted octanol–water partition coefficient (Wildman–Crippen LogP) is 0.895. The third-order valence-corrected chi connectivity index (χ3v) is 19.6. The number of aliphatic carboxylic acids is 5. The zero-order valence-corrected chi connectivity index (χ0v) is 58.2. The van der Waals surface area contributed by atoms with Crippen molar-refractivity contribution in [1.82, 2.24) is 50.7 Å². The number of ether oxygens (including phenoxy) is 1. The second kappa shape index (κ2) is 44.1. The Morgan fingerprint density at radius 3 is 1.67 bits per heavy atom. The number of rotatable bonds is 40. The molecule has 2 aromatic rings. The summed E-state index contributed by atoms with van der Waals surface area (Å²) in [6.07, 6.45) is 4.62. The van der Waals surface area contributed by atoms with Gasteiger partial charge < -0.3 is 46.2 Å². The Balaban J connectivity index is 1.02. The van der Waals surface area contributed by atoms with Gasteiger partial charge in [0.15, 0.2) is 6.23 Å². The van der Waals surface area contributed by atoms with Crippen LogP contribution in [0.1, 0.15) is 124 Å². The van der Waals surface area contributed by atoms with Crippen LogP contribution in [0.5, 0.6) is 5.75 Å². The number of fused-ring (bicyclic) bond motifs is 5. The minimum atomic E-state index is -4.01. The van der Waals surface area contributed by atoms with Crippen LogP contribution >= 0.6 is 0 Å². The number of benzene rings is 2. The summed E-state index contributed by atoms with van der Waals surface area (Å²) in [6, 6.07) is 9.05. The van der Waals surface area contributed by atoms with Gasteiger partial charge >= 0.3 is 289 Å². The van der Waals surface area contributed by atoms with Crippen molar-refractivity contribution >= 4 is 95.0 Å². The molecule has 3 heterocycles. The molecule has 0 aliphatic carbocycles. The molecule has 1 unspecified atom stereocenters. The van der Waals surface area contributed by atoms with Gasteiger partial charge in [-0.3, -0.25) is 53.2 Å². The van der Waals surface area contributed by atoms with Crippen LogP contribution in [0.15, 0.2) is 36.4 Å². The summed E-state index contributed by atoms with van der Waals surface area (Å²) >= 11 is -4.01. The van der Waals surface area contributed by atoms with Crippen LogP contribution < -0.4 is 24.8 Å². The van der Waals surface area contributed by atoms with Gasteiger partial charge in [0.2, 0.25) is 5.91 Å². The number of carbonyl (C=O) groups excluding carboxylic acids is 8. The van der Waals surface area contributed by atoms with Gasteiger partial charge in [-0.25, -0.2) is 9.59 Å². The summed E-state index contributed by atoms with van der Waals surface area (Å²) in [6.45, 7) is 5.35. The third-order valence-electron chi connectivity index (χ3n) is 16.7. The maximum atomic E-state index is 13.6. The van der Waals surface area contributed by atoms with Crippen molar-refractivity contribution in [2.24, 2.45) is 0 Å². The number of carbonyl (C=O) groups is 13. The molecular weight excluding hydrogens is 1340 g/mol. The van der Waals surface area contributed by atoms with Crippen LogP contribution in [-0.2, 0) is 95.3 Å². The van der Waals surface area contributed by atoms with Gasteiger partial charge in [0.05, 0.1) is 26.2 Å². The van der Waals surface area contributed by atoms with Crippen LogP contribution in [0.2, 0.25) is 0 Å². The molecule has 2 saturated heterocycles. The Bertz CT molecular complexity index is 3000. The SMILES string of the molecule is Cc1ccc(CCC(=O)CCCCCCC(=O)NCCCC[C@H](NC(=O)N[C@@H](CCC(=O)O)C(=O)O)OC=O)cc1CN1CCN2CC(=O)[O][Ga]([O]C(=O)C1)[O]c1ccc(CCC(=O)NCCCC(=O)CN3CCN(CC(=O)O)CCN(CC(=O)O)CCN(CC(=O)O)CC3)cc1C2. The molecule has 9 N–H and O–H groups in total. The summed E-state index contributed by atoms with van der Waals surface area (Å²) in [5, 5.41) is 56.8. The molecule has 2 fully saturated rings. The molecule has 32 nitrogen and oxygen atoms in total. The molecular formula is C65H95GaN10O22. The van der Waals surface area contributed by atoms with E-state index in [0.717, 1.165) is 40.7 Å². The zero-order chi connectivity index (χ0) is 71.4. The molecule has 0 saturated carbocycles. The maximum absolute atomic E-state index is 13.6. The molecule has 5 rings (SSSR count). The molecule has 2 aromatic carbocycles. The van der Waals surface area contributed by atoms with Crippen molar-refractivity contribution in [3.8, 4) is 5.75 Å². The van der Waals surface area contributed by atoms with Gasteiger partial charge in [-0.2, -0.15) is 0 Å². The second-order valence-electron chi connectivity index (χ2n) is 24.7. The first-order chi connectivity index (χ1) is 46.9. The normalized spacial score (nSPS) is 17.0. The molecule has 3 atom stereocenters. The molecule has 0 aromatic heterocycles. The van der Waals surface area contributed by atoms with E-state index >= 15 is 0 Å². The van der Waals surface area contributed by atoms with Gasteiger partial charge in [-0.1, -0.05) is 12.8 Å². The van der Waals surface area contributed by atoms with Gasteiger partial charge in [0.1, 0.15) is 11.8 Å². The number of amides is 4. The van der Waals surface area contributed by atoms with Crippen molar-refractivity contribution in [3.05, 3.63) is 64.2 Å². The standard InChI is InChI=1S/C65H98N10O22.Ga/c1-46-13-14-47(15-18-51(77)9-4-2-3-5-11-55(80)66-23-7-6-12-57(97-45-76)69-65(96)68-53(64(94)95)19-22-58(82)83)35-49(46)37-74(43-62(90)91)33-34-75(44-63(92)93)38-50-36-48(16-20-54(50)79)17-21-56(81)67-24-8-10-52(78)39-70-25-27-71(40-59(84)85)29-31-73(42-61(88)89)32-30-72(28-26-70)41-60(86)87;/h13-14,16,20,35-36,45,53,57,79H,2-12,15,17-19,21-34,37-44H2,1H3,(H,66,80)(H,67,81)(H,82,83)(H,84,85)(H,86,87)(H,88,89)(H,90,91)(H,92,93)(H,94,95)(H2,68,69,96);/q;+3/p-3/t53-,57+;/m0./s1. The number of nitrogens with zero attached hydrogens (tertiary/aromatic N) is 6. The van der Waals surface area contributed by atoms with E-state index in [2.05, 4.69) is 21.3 Å². The predicted molar refractivity (Wildman–Crippen MR) is 350 cm³/mol. The molecule has 540 valence electrons. The topological polar surface area (TPSA) is 428 Å². The van der Waals surface area contributed by atoms with Crippen molar-refractivity contribution in [2.75, 3.05) is 118 Å². The Kier molecular flexibility index (Phi) is 36.3. The van der Waals surface area contributed by atoms with E-state index in [9.17, 15) is 82.8 Å². The first-order valence-corrected chi connectivity index (χ1v) is 36.3. The second-order valence-corrected chi connectivity index (χ2v) is 27.4. The number of hydrogen-bond acceptors (Lipinski definition) is 23. The number of carboxylic acid groups (broad SMARTS) is 5. The van der Waals surface area contributed by atoms with Crippen LogP contribution in [0.4, 0.5) is 4.79 Å². The number of urea groups is 1. The fourth-order valence-electron chi connectivity index (χ4n) is 11.3. The first-order valence-electron chi connectivity index (χ1n) is 33.3. The molecule has 2 bridgehead atoms. The first kappa shape index (κ1) is 80.6. The number of unbranched alkanes of at least 4 members (excludes halogenated alkanes) is 4. The summed E-state index contributed by atoms with van der Waals surface area (Å²) < 4.78 is 22.6. The number of ketones is 2. The number of carboxylic acids is 5. The van der Waals surface area contributed by atoms with Crippen LogP contribution in [0, 0.1) is 6.92 Å². The average molecular weight is 1440 g/mol. The van der Waals surface area contributed by atoms with E-state index in [0.29, 0.717) is 116 Å².